The van der Waals surface area contributed by atoms with E-state index in [1.807, 2.05) is 6.92 Å². The third-order valence-electron chi connectivity index (χ3n) is 5.56. The number of benzene rings is 2. The highest BCUT2D eigenvalue weighted by Gasteiger charge is 2.39. The Bertz CT molecular complexity index is 1120. The predicted octanol–water partition coefficient (Wildman–Crippen LogP) is 3.28. The minimum Gasteiger partial charge on any atom is -0.493 e. The maximum absolute atomic E-state index is 13.0. The standard InChI is InChI=1S/C23H24N4O6/c1-4-33-21-18(31-2)10-13(11-19(21)32-3)25-26-16-7-5-6-14-15(16)12-27(23(14)30)17-8-9-20(28)24-22(17)29/h5-7,10-11,17H,4,8-9,12H2,1-3H3,(H,24,28,29). The maximum Gasteiger partial charge on any atom is 0.255 e. The van der Waals surface area contributed by atoms with Gasteiger partial charge in [-0.15, -0.1) is 0 Å². The molecule has 10 heteroatoms. The SMILES string of the molecule is CCOc1c(OC)cc(N=Nc2cccc3c2CN(C2CCC(=O)NC2=O)C3=O)cc1OC. The van der Waals surface area contributed by atoms with Gasteiger partial charge in [0, 0.05) is 36.2 Å². The fourth-order valence-electron chi connectivity index (χ4n) is 3.98. The third kappa shape index (κ3) is 4.23. The number of carbonyl (C=O) groups excluding carboxylic acids is 3. The van der Waals surface area contributed by atoms with Crippen molar-refractivity contribution in [3.05, 3.63) is 41.5 Å². The number of fused-ring (bicyclic) bond motifs is 1. The number of nitrogens with one attached hydrogen (secondary N) is 1. The van der Waals surface area contributed by atoms with Gasteiger partial charge in [-0.3, -0.25) is 19.7 Å². The van der Waals surface area contributed by atoms with Gasteiger partial charge < -0.3 is 19.1 Å². The zero-order chi connectivity index (χ0) is 23.5. The first kappa shape index (κ1) is 22.3. The predicted molar refractivity (Wildman–Crippen MR) is 117 cm³/mol. The largest absolute Gasteiger partial charge is 0.493 e. The van der Waals surface area contributed by atoms with Gasteiger partial charge in [-0.1, -0.05) is 6.07 Å². The lowest BCUT2D eigenvalue weighted by molar-refractivity contribution is -0.136. The Hall–Kier alpha value is -3.95. The average molecular weight is 452 g/mol. The Balaban J connectivity index is 1.62. The summed E-state index contributed by atoms with van der Waals surface area (Å²) < 4.78 is 16.4. The lowest BCUT2D eigenvalue weighted by atomic mass is 10.0. The van der Waals surface area contributed by atoms with Crippen molar-refractivity contribution in [2.24, 2.45) is 10.2 Å². The zero-order valence-corrected chi connectivity index (χ0v) is 18.6. The smallest absolute Gasteiger partial charge is 0.255 e. The van der Waals surface area contributed by atoms with Crippen LogP contribution in [-0.2, 0) is 16.1 Å². The molecule has 0 spiro atoms. The second kappa shape index (κ2) is 9.27. The molecule has 0 saturated carbocycles. The number of piperidine rings is 1. The number of rotatable bonds is 7. The summed E-state index contributed by atoms with van der Waals surface area (Å²) in [6.45, 7) is 2.52. The van der Waals surface area contributed by atoms with Crippen LogP contribution in [0.1, 0.15) is 35.7 Å². The van der Waals surface area contributed by atoms with Gasteiger partial charge in [0.05, 0.1) is 32.2 Å². The zero-order valence-electron chi connectivity index (χ0n) is 18.6. The van der Waals surface area contributed by atoms with Crippen LogP contribution in [0.5, 0.6) is 17.2 Å². The Morgan fingerprint density at radius 1 is 1.09 bits per heavy atom. The van der Waals surface area contributed by atoms with E-state index in [0.717, 1.165) is 0 Å². The van der Waals surface area contributed by atoms with Crippen molar-refractivity contribution in [1.82, 2.24) is 10.2 Å². The van der Waals surface area contributed by atoms with E-state index in [9.17, 15) is 14.4 Å². The molecule has 0 bridgehead atoms. The minimum atomic E-state index is -0.688. The molecule has 1 fully saturated rings. The van der Waals surface area contributed by atoms with E-state index in [2.05, 4.69) is 15.5 Å². The molecule has 1 unspecified atom stereocenters. The van der Waals surface area contributed by atoms with Gasteiger partial charge in [0.15, 0.2) is 11.5 Å². The summed E-state index contributed by atoms with van der Waals surface area (Å²) >= 11 is 0. The minimum absolute atomic E-state index is 0.199. The van der Waals surface area contributed by atoms with E-state index >= 15 is 0 Å². The Kier molecular flexibility index (Phi) is 6.25. The molecule has 33 heavy (non-hydrogen) atoms. The van der Waals surface area contributed by atoms with Crippen LogP contribution >= 0.6 is 0 Å². The van der Waals surface area contributed by atoms with Crippen molar-refractivity contribution >= 4 is 29.1 Å². The van der Waals surface area contributed by atoms with E-state index in [-0.39, 0.29) is 24.8 Å². The second-order valence-corrected chi connectivity index (χ2v) is 7.52. The summed E-state index contributed by atoms with van der Waals surface area (Å²) in [6, 6.07) is 7.85. The summed E-state index contributed by atoms with van der Waals surface area (Å²) in [4.78, 5) is 38.2. The number of amides is 3. The molecular formula is C23H24N4O6. The van der Waals surface area contributed by atoms with E-state index < -0.39 is 11.9 Å². The lowest BCUT2D eigenvalue weighted by Crippen LogP contribution is -2.52. The summed E-state index contributed by atoms with van der Waals surface area (Å²) in [5.74, 6) is 0.360. The molecule has 0 radical (unpaired) electrons. The van der Waals surface area contributed by atoms with Crippen LogP contribution in [0.2, 0.25) is 0 Å². The van der Waals surface area contributed by atoms with E-state index in [0.29, 0.717) is 52.8 Å². The lowest BCUT2D eigenvalue weighted by Gasteiger charge is -2.29. The van der Waals surface area contributed by atoms with Crippen molar-refractivity contribution < 1.29 is 28.6 Å². The van der Waals surface area contributed by atoms with Crippen LogP contribution in [0.4, 0.5) is 11.4 Å². The maximum atomic E-state index is 13.0. The molecule has 0 aromatic heterocycles. The molecule has 2 aliphatic rings. The molecule has 4 rings (SSSR count). The number of hydrogen-bond donors (Lipinski definition) is 1. The van der Waals surface area contributed by atoms with Gasteiger partial charge in [-0.2, -0.15) is 10.2 Å². The highest BCUT2D eigenvalue weighted by atomic mass is 16.5. The molecule has 1 N–H and O–H groups in total. The van der Waals surface area contributed by atoms with Crippen molar-refractivity contribution in [3.8, 4) is 17.2 Å². The van der Waals surface area contributed by atoms with Crippen molar-refractivity contribution in [2.45, 2.75) is 32.4 Å². The van der Waals surface area contributed by atoms with Crippen molar-refractivity contribution in [2.75, 3.05) is 20.8 Å². The first-order valence-corrected chi connectivity index (χ1v) is 10.5. The fourth-order valence-corrected chi connectivity index (χ4v) is 3.98. The number of imide groups is 1. The molecule has 2 aliphatic heterocycles. The van der Waals surface area contributed by atoms with Gasteiger partial charge in [-0.25, -0.2) is 0 Å². The molecule has 172 valence electrons. The molecule has 2 aromatic carbocycles. The Morgan fingerprint density at radius 3 is 2.45 bits per heavy atom. The normalized spacial score (nSPS) is 17.8. The first-order valence-electron chi connectivity index (χ1n) is 10.5. The summed E-state index contributed by atoms with van der Waals surface area (Å²) in [5.41, 5.74) is 2.15. The topological polar surface area (TPSA) is 119 Å². The van der Waals surface area contributed by atoms with Crippen LogP contribution in [0.25, 0.3) is 0 Å². The highest BCUT2D eigenvalue weighted by Crippen LogP contribution is 2.42. The summed E-state index contributed by atoms with van der Waals surface area (Å²) in [7, 11) is 3.05. The van der Waals surface area contributed by atoms with Gasteiger partial charge in [0.25, 0.3) is 5.91 Å². The summed E-state index contributed by atoms with van der Waals surface area (Å²) in [6.07, 6.45) is 0.498. The average Bonchev–Trinajstić information content (AvgIpc) is 3.15. The van der Waals surface area contributed by atoms with Gasteiger partial charge in [0.2, 0.25) is 17.6 Å². The van der Waals surface area contributed by atoms with Crippen molar-refractivity contribution in [1.29, 1.82) is 0 Å². The molecule has 2 aromatic rings. The van der Waals surface area contributed by atoms with Gasteiger partial charge in [-0.05, 0) is 25.5 Å². The number of methoxy groups -OCH3 is 2. The van der Waals surface area contributed by atoms with Crippen LogP contribution in [-0.4, -0.2) is 49.5 Å². The Morgan fingerprint density at radius 2 is 1.82 bits per heavy atom. The summed E-state index contributed by atoms with van der Waals surface area (Å²) in [5, 5.41) is 11.0. The number of azo groups is 1. The number of nitrogens with zero attached hydrogens (tertiary/aromatic N) is 3. The molecule has 2 heterocycles. The third-order valence-corrected chi connectivity index (χ3v) is 5.56. The number of hydrogen-bond acceptors (Lipinski definition) is 8. The molecule has 1 saturated heterocycles. The molecule has 10 nitrogen and oxygen atoms in total. The Labute approximate surface area is 190 Å². The van der Waals surface area contributed by atoms with E-state index in [1.54, 1.807) is 30.3 Å². The second-order valence-electron chi connectivity index (χ2n) is 7.52. The molecular weight excluding hydrogens is 428 g/mol. The first-order chi connectivity index (χ1) is 16.0. The van der Waals surface area contributed by atoms with E-state index in [1.165, 1.54) is 19.1 Å². The van der Waals surface area contributed by atoms with Crippen LogP contribution in [0.3, 0.4) is 0 Å². The van der Waals surface area contributed by atoms with Crippen molar-refractivity contribution in [3.63, 3.8) is 0 Å². The van der Waals surface area contributed by atoms with Gasteiger partial charge >= 0.3 is 0 Å². The van der Waals surface area contributed by atoms with E-state index in [4.69, 9.17) is 14.2 Å². The highest BCUT2D eigenvalue weighted by molar-refractivity contribution is 6.06. The molecule has 0 aliphatic carbocycles. The monoisotopic (exact) mass is 452 g/mol. The quantitative estimate of drug-likeness (QED) is 0.509. The van der Waals surface area contributed by atoms with Crippen LogP contribution in [0.15, 0.2) is 40.6 Å². The molecule has 3 amide bonds. The van der Waals surface area contributed by atoms with Crippen LogP contribution < -0.4 is 19.5 Å². The molecule has 1 atom stereocenters. The fraction of sp³-hybridized carbons (Fsp3) is 0.348. The van der Waals surface area contributed by atoms with Gasteiger partial charge in [0.1, 0.15) is 6.04 Å². The number of ether oxygens (including phenoxy) is 3. The van der Waals surface area contributed by atoms with Crippen LogP contribution in [0, 0.1) is 0 Å². The number of carbonyl (C=O) groups is 3.